The molecular weight excluding hydrogens is 414 g/mol. The molecule has 1 aliphatic heterocycles. The number of benzene rings is 3. The second-order valence-electron chi connectivity index (χ2n) is 6.33. The average molecular weight is 432 g/mol. The Morgan fingerprint density at radius 3 is 2.59 bits per heavy atom. The minimum absolute atomic E-state index is 0.0298. The Morgan fingerprint density at radius 2 is 1.79 bits per heavy atom. The quantitative estimate of drug-likeness (QED) is 0.576. The van der Waals surface area contributed by atoms with Crippen molar-refractivity contribution in [3.8, 4) is 17.2 Å². The molecular formula is C21H18ClNO5S. The molecule has 0 spiro atoms. The number of nitrogens with zero attached hydrogens (tertiary/aromatic N) is 1. The van der Waals surface area contributed by atoms with Crippen LogP contribution < -0.4 is 18.5 Å². The van der Waals surface area contributed by atoms with Crippen LogP contribution >= 0.6 is 11.6 Å². The van der Waals surface area contributed by atoms with Crippen molar-refractivity contribution in [3.63, 3.8) is 0 Å². The van der Waals surface area contributed by atoms with Gasteiger partial charge in [-0.25, -0.2) is 8.42 Å². The third kappa shape index (κ3) is 3.83. The van der Waals surface area contributed by atoms with Crippen LogP contribution in [0.1, 0.15) is 5.56 Å². The Labute approximate surface area is 174 Å². The van der Waals surface area contributed by atoms with Gasteiger partial charge < -0.3 is 14.2 Å². The molecule has 0 radical (unpaired) electrons. The van der Waals surface area contributed by atoms with Crippen LogP contribution in [0.3, 0.4) is 0 Å². The fourth-order valence-corrected chi connectivity index (χ4v) is 5.01. The molecule has 1 heterocycles. The van der Waals surface area contributed by atoms with E-state index in [9.17, 15) is 8.42 Å². The Kier molecular flexibility index (Phi) is 5.25. The van der Waals surface area contributed by atoms with Crippen molar-refractivity contribution in [1.82, 2.24) is 0 Å². The highest BCUT2D eigenvalue weighted by Crippen LogP contribution is 2.38. The van der Waals surface area contributed by atoms with E-state index in [4.69, 9.17) is 25.8 Å². The first-order chi connectivity index (χ1) is 14.0. The van der Waals surface area contributed by atoms with Crippen LogP contribution in [0.5, 0.6) is 17.2 Å². The highest BCUT2D eigenvalue weighted by atomic mass is 35.5. The second-order valence-corrected chi connectivity index (χ2v) is 8.57. The Bertz CT molecular complexity index is 1150. The van der Waals surface area contributed by atoms with Crippen molar-refractivity contribution in [3.05, 3.63) is 77.3 Å². The predicted molar refractivity (Wildman–Crippen MR) is 110 cm³/mol. The average Bonchev–Trinajstić information content (AvgIpc) is 3.20. The van der Waals surface area contributed by atoms with Crippen LogP contribution in [0.2, 0.25) is 5.02 Å². The third-order valence-electron chi connectivity index (χ3n) is 4.51. The number of anilines is 1. The van der Waals surface area contributed by atoms with Gasteiger partial charge in [0.15, 0.2) is 11.5 Å². The summed E-state index contributed by atoms with van der Waals surface area (Å²) in [7, 11) is -2.39. The monoisotopic (exact) mass is 431 g/mol. The molecule has 8 heteroatoms. The number of hydrogen-bond donors (Lipinski definition) is 0. The largest absolute Gasteiger partial charge is 0.497 e. The zero-order valence-electron chi connectivity index (χ0n) is 15.5. The number of halogens is 1. The molecule has 0 bridgehead atoms. The molecule has 0 atom stereocenters. The molecule has 6 nitrogen and oxygen atoms in total. The van der Waals surface area contributed by atoms with E-state index in [1.165, 1.54) is 10.4 Å². The van der Waals surface area contributed by atoms with Gasteiger partial charge in [0.25, 0.3) is 10.0 Å². The zero-order chi connectivity index (χ0) is 20.4. The van der Waals surface area contributed by atoms with Crippen LogP contribution in [-0.2, 0) is 16.6 Å². The first-order valence-corrected chi connectivity index (χ1v) is 10.6. The topological polar surface area (TPSA) is 65.1 Å². The molecule has 3 aromatic carbocycles. The minimum atomic E-state index is -3.96. The maximum Gasteiger partial charge on any atom is 0.266 e. The lowest BCUT2D eigenvalue weighted by molar-refractivity contribution is 0.174. The summed E-state index contributed by atoms with van der Waals surface area (Å²) in [6, 6.07) is 18.6. The molecule has 4 rings (SSSR count). The number of fused-ring (bicyclic) bond motifs is 1. The van der Waals surface area contributed by atoms with Gasteiger partial charge in [0.2, 0.25) is 6.79 Å². The fraction of sp³-hybridized carbons (Fsp3) is 0.143. The Morgan fingerprint density at radius 1 is 1.00 bits per heavy atom. The Hall–Kier alpha value is -2.90. The van der Waals surface area contributed by atoms with E-state index in [0.29, 0.717) is 22.9 Å². The summed E-state index contributed by atoms with van der Waals surface area (Å²) in [6.45, 7) is 0.191. The van der Waals surface area contributed by atoms with Gasteiger partial charge in [-0.2, -0.15) is 0 Å². The minimum Gasteiger partial charge on any atom is -0.497 e. The molecule has 3 aromatic rings. The van der Waals surface area contributed by atoms with Gasteiger partial charge in [-0.05, 0) is 42.0 Å². The molecule has 0 fully saturated rings. The van der Waals surface area contributed by atoms with E-state index in [0.717, 1.165) is 5.56 Å². The van der Waals surface area contributed by atoms with Crippen LogP contribution in [0.25, 0.3) is 0 Å². The van der Waals surface area contributed by atoms with Gasteiger partial charge >= 0.3 is 0 Å². The maximum atomic E-state index is 13.6. The molecule has 1 aliphatic rings. The van der Waals surface area contributed by atoms with Crippen molar-refractivity contribution < 1.29 is 22.6 Å². The number of sulfonamides is 1. The number of hydrogen-bond acceptors (Lipinski definition) is 5. The summed E-state index contributed by atoms with van der Waals surface area (Å²) in [4.78, 5) is 0.0298. The summed E-state index contributed by atoms with van der Waals surface area (Å²) in [5.74, 6) is 1.71. The molecule has 150 valence electrons. The number of ether oxygens (including phenoxy) is 3. The van der Waals surface area contributed by atoms with Crippen molar-refractivity contribution in [2.24, 2.45) is 0 Å². The lowest BCUT2D eigenvalue weighted by Gasteiger charge is -2.25. The van der Waals surface area contributed by atoms with E-state index in [-0.39, 0.29) is 23.3 Å². The summed E-state index contributed by atoms with van der Waals surface area (Å²) in [5, 5.41) is 0.156. The van der Waals surface area contributed by atoms with Crippen LogP contribution in [0.4, 0.5) is 5.69 Å². The summed E-state index contributed by atoms with van der Waals surface area (Å²) in [5.41, 5.74) is 1.20. The Balaban J connectivity index is 1.81. The predicted octanol–water partition coefficient (Wildman–Crippen LogP) is 4.47. The zero-order valence-corrected chi connectivity index (χ0v) is 17.1. The summed E-state index contributed by atoms with van der Waals surface area (Å²) >= 11 is 6.21. The number of rotatable bonds is 6. The van der Waals surface area contributed by atoms with Crippen LogP contribution in [-0.4, -0.2) is 22.3 Å². The molecule has 0 saturated heterocycles. The number of methoxy groups -OCH3 is 1. The molecule has 29 heavy (non-hydrogen) atoms. The van der Waals surface area contributed by atoms with E-state index >= 15 is 0 Å². The van der Waals surface area contributed by atoms with Crippen LogP contribution in [0.15, 0.2) is 71.6 Å². The van der Waals surface area contributed by atoms with Crippen LogP contribution in [0, 0.1) is 0 Å². The summed E-state index contributed by atoms with van der Waals surface area (Å²) < 4.78 is 44.4. The smallest absolute Gasteiger partial charge is 0.266 e. The van der Waals surface area contributed by atoms with E-state index in [1.54, 1.807) is 55.6 Å². The van der Waals surface area contributed by atoms with Gasteiger partial charge in [0, 0.05) is 6.07 Å². The molecule has 0 saturated carbocycles. The van der Waals surface area contributed by atoms with Gasteiger partial charge in [0.05, 0.1) is 24.4 Å². The third-order valence-corrected chi connectivity index (χ3v) is 6.78. The molecule has 0 aliphatic carbocycles. The normalized spacial score (nSPS) is 12.6. The van der Waals surface area contributed by atoms with Gasteiger partial charge in [-0.15, -0.1) is 0 Å². The molecule has 0 unspecified atom stereocenters. The lowest BCUT2D eigenvalue weighted by atomic mass is 10.2. The lowest BCUT2D eigenvalue weighted by Crippen LogP contribution is -2.30. The van der Waals surface area contributed by atoms with Crippen molar-refractivity contribution in [1.29, 1.82) is 0 Å². The standard InChI is InChI=1S/C21H18ClNO5S/c1-26-17-6-4-5-15(11-17)13-23(16-9-10-19-20(12-16)28-14-27-19)29(24,25)21-8-3-2-7-18(21)22/h2-12H,13-14H2,1H3. The van der Waals surface area contributed by atoms with Gasteiger partial charge in [0.1, 0.15) is 10.6 Å². The van der Waals surface area contributed by atoms with E-state index in [2.05, 4.69) is 0 Å². The van der Waals surface area contributed by atoms with E-state index in [1.807, 2.05) is 12.1 Å². The van der Waals surface area contributed by atoms with Gasteiger partial charge in [-0.1, -0.05) is 35.9 Å². The summed E-state index contributed by atoms with van der Waals surface area (Å²) in [6.07, 6.45) is 0. The van der Waals surface area contributed by atoms with Crippen molar-refractivity contribution in [2.45, 2.75) is 11.4 Å². The van der Waals surface area contributed by atoms with Gasteiger partial charge in [-0.3, -0.25) is 4.31 Å². The van der Waals surface area contributed by atoms with Crippen molar-refractivity contribution in [2.75, 3.05) is 18.2 Å². The first-order valence-electron chi connectivity index (χ1n) is 8.79. The molecule has 0 aromatic heterocycles. The highest BCUT2D eigenvalue weighted by molar-refractivity contribution is 7.93. The van der Waals surface area contributed by atoms with Crippen molar-refractivity contribution >= 4 is 27.3 Å². The molecule has 0 amide bonds. The maximum absolute atomic E-state index is 13.6. The highest BCUT2D eigenvalue weighted by Gasteiger charge is 2.29. The molecule has 0 N–H and O–H groups in total. The van der Waals surface area contributed by atoms with E-state index < -0.39 is 10.0 Å². The fourth-order valence-electron chi connectivity index (χ4n) is 3.06. The first kappa shape index (κ1) is 19.4. The second kappa shape index (κ2) is 7.85. The SMILES string of the molecule is COc1cccc(CN(c2ccc3c(c2)OCO3)S(=O)(=O)c2ccccc2Cl)c1.